The number of halogens is 1. The number of aliphatic imine (C=N–C) groups is 1. The first kappa shape index (κ1) is 25.9. The standard InChI is InChI=1S/C24H39N5O.HI/c1-3-25-24(26-14-7-17-28-16-6-9-23(28)30)27-18-21-10-12-22(13-11-21)19-29-15-5-4-8-20(29)2;/h10-13,20H,3-9,14-19H2,1-2H3,(H2,25,26,27);1H. The number of piperidine rings is 1. The molecule has 2 aliphatic heterocycles. The average Bonchev–Trinajstić information content (AvgIpc) is 3.16. The number of guanidine groups is 1. The van der Waals surface area contributed by atoms with E-state index in [-0.39, 0.29) is 24.0 Å². The van der Waals surface area contributed by atoms with Crippen LogP contribution in [-0.2, 0) is 17.9 Å². The van der Waals surface area contributed by atoms with Gasteiger partial charge in [-0.15, -0.1) is 24.0 Å². The molecule has 3 rings (SSSR count). The number of carbonyl (C=O) groups excluding carboxylic acids is 1. The molecule has 0 aromatic heterocycles. The van der Waals surface area contributed by atoms with Gasteiger partial charge in [0.25, 0.3) is 0 Å². The zero-order chi connectivity index (χ0) is 21.2. The van der Waals surface area contributed by atoms with Crippen LogP contribution in [0, 0.1) is 0 Å². The third kappa shape index (κ3) is 8.60. The van der Waals surface area contributed by atoms with Crippen LogP contribution in [0.2, 0.25) is 0 Å². The van der Waals surface area contributed by atoms with Gasteiger partial charge in [-0.3, -0.25) is 9.69 Å². The Hall–Kier alpha value is -1.35. The molecular formula is C24H40IN5O. The van der Waals surface area contributed by atoms with Crippen molar-refractivity contribution in [2.75, 3.05) is 32.7 Å². The number of hydrogen-bond acceptors (Lipinski definition) is 3. The molecule has 31 heavy (non-hydrogen) atoms. The first-order valence-corrected chi connectivity index (χ1v) is 11.8. The Morgan fingerprint density at radius 3 is 2.55 bits per heavy atom. The lowest BCUT2D eigenvalue weighted by Gasteiger charge is -2.33. The van der Waals surface area contributed by atoms with Crippen molar-refractivity contribution in [1.29, 1.82) is 0 Å². The summed E-state index contributed by atoms with van der Waals surface area (Å²) in [7, 11) is 0. The highest BCUT2D eigenvalue weighted by molar-refractivity contribution is 14.0. The quantitative estimate of drug-likeness (QED) is 0.217. The van der Waals surface area contributed by atoms with Crippen LogP contribution < -0.4 is 10.6 Å². The molecule has 0 radical (unpaired) electrons. The van der Waals surface area contributed by atoms with Gasteiger partial charge in [0.1, 0.15) is 0 Å². The number of likely N-dealkylation sites (tertiary alicyclic amines) is 2. The van der Waals surface area contributed by atoms with Crippen molar-refractivity contribution in [1.82, 2.24) is 20.4 Å². The average molecular weight is 542 g/mol. The van der Waals surface area contributed by atoms with Crippen LogP contribution in [0.4, 0.5) is 0 Å². The number of rotatable bonds is 9. The van der Waals surface area contributed by atoms with E-state index < -0.39 is 0 Å². The maximum Gasteiger partial charge on any atom is 0.222 e. The molecule has 1 unspecified atom stereocenters. The van der Waals surface area contributed by atoms with Gasteiger partial charge in [-0.1, -0.05) is 30.7 Å². The van der Waals surface area contributed by atoms with E-state index in [1.165, 1.54) is 36.9 Å². The molecular weight excluding hydrogens is 501 g/mol. The van der Waals surface area contributed by atoms with Crippen molar-refractivity contribution < 1.29 is 4.79 Å². The lowest BCUT2D eigenvalue weighted by molar-refractivity contribution is -0.127. The summed E-state index contributed by atoms with van der Waals surface area (Å²) in [5.41, 5.74) is 2.61. The normalized spacial score (nSPS) is 19.9. The second kappa shape index (κ2) is 13.9. The zero-order valence-corrected chi connectivity index (χ0v) is 21.6. The molecule has 6 nitrogen and oxygen atoms in total. The van der Waals surface area contributed by atoms with Crippen LogP contribution in [-0.4, -0.2) is 60.4 Å². The van der Waals surface area contributed by atoms with Crippen molar-refractivity contribution in [2.24, 2.45) is 4.99 Å². The van der Waals surface area contributed by atoms with Crippen LogP contribution in [0.15, 0.2) is 29.3 Å². The molecule has 2 N–H and O–H groups in total. The molecule has 2 heterocycles. The van der Waals surface area contributed by atoms with Crippen molar-refractivity contribution in [3.05, 3.63) is 35.4 Å². The number of nitrogens with one attached hydrogen (secondary N) is 2. The fraction of sp³-hybridized carbons (Fsp3) is 0.667. The number of benzene rings is 1. The number of amides is 1. The van der Waals surface area contributed by atoms with Crippen LogP contribution in [0.5, 0.6) is 0 Å². The summed E-state index contributed by atoms with van der Waals surface area (Å²) in [6.45, 7) is 10.8. The summed E-state index contributed by atoms with van der Waals surface area (Å²) in [5, 5.41) is 6.71. The first-order chi connectivity index (χ1) is 14.7. The summed E-state index contributed by atoms with van der Waals surface area (Å²) in [6, 6.07) is 9.60. The maximum absolute atomic E-state index is 11.7. The van der Waals surface area contributed by atoms with Crippen molar-refractivity contribution in [3.63, 3.8) is 0 Å². The summed E-state index contributed by atoms with van der Waals surface area (Å²) in [6.07, 6.45) is 6.68. The lowest BCUT2D eigenvalue weighted by atomic mass is 10.0. The van der Waals surface area contributed by atoms with Gasteiger partial charge in [-0.25, -0.2) is 4.99 Å². The third-order valence-corrected chi connectivity index (χ3v) is 6.18. The van der Waals surface area contributed by atoms with Gasteiger partial charge in [-0.2, -0.15) is 0 Å². The summed E-state index contributed by atoms with van der Waals surface area (Å²) in [5.74, 6) is 1.14. The monoisotopic (exact) mass is 541 g/mol. The zero-order valence-electron chi connectivity index (χ0n) is 19.2. The van der Waals surface area contributed by atoms with Crippen molar-refractivity contribution in [2.45, 2.75) is 71.5 Å². The van der Waals surface area contributed by atoms with Crippen LogP contribution in [0.25, 0.3) is 0 Å². The second-order valence-corrected chi connectivity index (χ2v) is 8.59. The highest BCUT2D eigenvalue weighted by atomic mass is 127. The Balaban J connectivity index is 0.00000341. The molecule has 2 fully saturated rings. The van der Waals surface area contributed by atoms with E-state index in [0.717, 1.165) is 51.5 Å². The molecule has 174 valence electrons. The third-order valence-electron chi connectivity index (χ3n) is 6.18. The molecule has 0 saturated carbocycles. The Labute approximate surface area is 205 Å². The molecule has 0 spiro atoms. The minimum absolute atomic E-state index is 0. The van der Waals surface area contributed by atoms with E-state index in [1.54, 1.807) is 0 Å². The fourth-order valence-electron chi connectivity index (χ4n) is 4.31. The predicted molar refractivity (Wildman–Crippen MR) is 139 cm³/mol. The minimum atomic E-state index is 0. The van der Waals surface area contributed by atoms with Gasteiger partial charge in [0.2, 0.25) is 5.91 Å². The van der Waals surface area contributed by atoms with E-state index in [0.29, 0.717) is 24.9 Å². The smallest absolute Gasteiger partial charge is 0.222 e. The Kier molecular flexibility index (Phi) is 11.6. The predicted octanol–water partition coefficient (Wildman–Crippen LogP) is 3.75. The van der Waals surface area contributed by atoms with Gasteiger partial charge in [0, 0.05) is 45.2 Å². The SMILES string of the molecule is CCNC(=NCc1ccc(CN2CCCCC2C)cc1)NCCCN1CCCC1=O.I. The molecule has 7 heteroatoms. The van der Waals surface area contributed by atoms with Gasteiger partial charge < -0.3 is 15.5 Å². The van der Waals surface area contributed by atoms with Gasteiger partial charge >= 0.3 is 0 Å². The van der Waals surface area contributed by atoms with Gasteiger partial charge in [0.15, 0.2) is 5.96 Å². The van der Waals surface area contributed by atoms with E-state index in [9.17, 15) is 4.79 Å². The second-order valence-electron chi connectivity index (χ2n) is 8.59. The Bertz CT molecular complexity index is 694. The van der Waals surface area contributed by atoms with E-state index in [1.807, 2.05) is 4.90 Å². The number of hydrogen-bond donors (Lipinski definition) is 2. The Morgan fingerprint density at radius 1 is 1.10 bits per heavy atom. The highest BCUT2D eigenvalue weighted by Gasteiger charge is 2.19. The molecule has 1 aromatic rings. The van der Waals surface area contributed by atoms with Crippen LogP contribution >= 0.6 is 24.0 Å². The summed E-state index contributed by atoms with van der Waals surface area (Å²) >= 11 is 0. The molecule has 1 aromatic carbocycles. The summed E-state index contributed by atoms with van der Waals surface area (Å²) < 4.78 is 0. The largest absolute Gasteiger partial charge is 0.357 e. The van der Waals surface area contributed by atoms with Crippen molar-refractivity contribution in [3.8, 4) is 0 Å². The number of nitrogens with zero attached hydrogens (tertiary/aromatic N) is 3. The summed E-state index contributed by atoms with van der Waals surface area (Å²) in [4.78, 5) is 21.0. The van der Waals surface area contributed by atoms with E-state index in [2.05, 4.69) is 53.6 Å². The van der Waals surface area contributed by atoms with Crippen molar-refractivity contribution >= 4 is 35.8 Å². The van der Waals surface area contributed by atoms with Crippen LogP contribution in [0.1, 0.15) is 63.5 Å². The highest BCUT2D eigenvalue weighted by Crippen LogP contribution is 2.19. The maximum atomic E-state index is 11.7. The molecule has 0 aliphatic carbocycles. The molecule has 0 bridgehead atoms. The fourth-order valence-corrected chi connectivity index (χ4v) is 4.31. The number of carbonyl (C=O) groups is 1. The van der Waals surface area contributed by atoms with Crippen LogP contribution in [0.3, 0.4) is 0 Å². The van der Waals surface area contributed by atoms with E-state index >= 15 is 0 Å². The van der Waals surface area contributed by atoms with Gasteiger partial charge in [0.05, 0.1) is 6.54 Å². The molecule has 2 aliphatic rings. The first-order valence-electron chi connectivity index (χ1n) is 11.8. The van der Waals surface area contributed by atoms with E-state index in [4.69, 9.17) is 4.99 Å². The van der Waals surface area contributed by atoms with Gasteiger partial charge in [-0.05, 0) is 57.2 Å². The molecule has 2 saturated heterocycles. The lowest BCUT2D eigenvalue weighted by Crippen LogP contribution is -2.39. The topological polar surface area (TPSA) is 60.0 Å². The molecule has 1 atom stereocenters. The Morgan fingerprint density at radius 2 is 1.87 bits per heavy atom. The molecule has 1 amide bonds. The minimum Gasteiger partial charge on any atom is -0.357 e.